The number of pyridine rings is 1. The van der Waals surface area contributed by atoms with Crippen molar-refractivity contribution in [2.75, 3.05) is 47.9 Å². The number of nitrogens with one attached hydrogen (secondary N) is 2. The largest absolute Gasteiger partial charge is 0.352 e. The van der Waals surface area contributed by atoms with Gasteiger partial charge in [0.1, 0.15) is 34.6 Å². The van der Waals surface area contributed by atoms with Gasteiger partial charge in [-0.3, -0.25) is 4.90 Å². The molecule has 9 nitrogen and oxygen atoms in total. The minimum absolute atomic E-state index is 0.0110. The number of piperazine rings is 1. The van der Waals surface area contributed by atoms with Gasteiger partial charge in [-0.1, -0.05) is 11.6 Å². The average Bonchev–Trinajstić information content (AvgIpc) is 3.34. The fourth-order valence-corrected chi connectivity index (χ4v) is 7.06. The maximum atomic E-state index is 15.1. The highest BCUT2D eigenvalue weighted by Crippen LogP contribution is 2.29. The summed E-state index contributed by atoms with van der Waals surface area (Å²) in [6, 6.07) is 6.87. The van der Waals surface area contributed by atoms with E-state index in [2.05, 4.69) is 44.3 Å². The maximum absolute atomic E-state index is 15.1. The molecule has 4 aromatic rings. The van der Waals surface area contributed by atoms with Gasteiger partial charge in [0.2, 0.25) is 5.95 Å². The first-order chi connectivity index (χ1) is 19.7. The number of rotatable bonds is 6. The summed E-state index contributed by atoms with van der Waals surface area (Å²) in [4.78, 5) is 17.7. The SMILES string of the molecule is CC1CN(c2ncc(Nc3ncc4ccn(-c5cc(F)c(CN6CC[SH+](=O)CC6)c(F)c5)c4n3)cc2Cl)CC(C)N1. The predicted molar refractivity (Wildman–Crippen MR) is 160 cm³/mol. The normalized spacial score (nSPS) is 20.6. The van der Waals surface area contributed by atoms with E-state index >= 15 is 8.78 Å². The third-order valence-electron chi connectivity index (χ3n) is 7.48. The second kappa shape index (κ2) is 11.6. The van der Waals surface area contributed by atoms with Crippen molar-refractivity contribution in [1.29, 1.82) is 0 Å². The molecule has 0 aliphatic carbocycles. The summed E-state index contributed by atoms with van der Waals surface area (Å²) in [6.07, 6.45) is 5.05. The molecule has 2 aliphatic rings. The molecule has 216 valence electrons. The van der Waals surface area contributed by atoms with Gasteiger partial charge in [0.25, 0.3) is 0 Å². The molecule has 6 rings (SSSR count). The van der Waals surface area contributed by atoms with Crippen LogP contribution in [0.2, 0.25) is 5.02 Å². The van der Waals surface area contributed by atoms with Gasteiger partial charge >= 0.3 is 0 Å². The van der Waals surface area contributed by atoms with E-state index in [4.69, 9.17) is 11.6 Å². The van der Waals surface area contributed by atoms with Crippen LogP contribution >= 0.6 is 11.6 Å². The topological polar surface area (TPSA) is 91.2 Å². The Morgan fingerprint density at radius 3 is 2.46 bits per heavy atom. The highest BCUT2D eigenvalue weighted by molar-refractivity contribution is 7.85. The minimum Gasteiger partial charge on any atom is -0.352 e. The number of benzene rings is 1. The van der Waals surface area contributed by atoms with Crippen molar-refractivity contribution < 1.29 is 13.0 Å². The van der Waals surface area contributed by atoms with Crippen LogP contribution in [0.25, 0.3) is 16.7 Å². The van der Waals surface area contributed by atoms with Crippen LogP contribution in [-0.2, 0) is 21.6 Å². The molecule has 0 saturated carbocycles. The molecule has 3 aromatic heterocycles. The molecule has 0 bridgehead atoms. The van der Waals surface area contributed by atoms with E-state index in [1.54, 1.807) is 35.3 Å². The van der Waals surface area contributed by atoms with Crippen LogP contribution in [0.4, 0.5) is 26.2 Å². The first-order valence-electron chi connectivity index (χ1n) is 13.6. The van der Waals surface area contributed by atoms with Crippen molar-refractivity contribution in [3.8, 4) is 5.69 Å². The quantitative estimate of drug-likeness (QED) is 0.251. The third-order valence-corrected chi connectivity index (χ3v) is 9.15. The van der Waals surface area contributed by atoms with Crippen LogP contribution in [0.1, 0.15) is 19.4 Å². The number of hydrogen-bond donors (Lipinski definition) is 2. The summed E-state index contributed by atoms with van der Waals surface area (Å²) in [5, 5.41) is 7.88. The summed E-state index contributed by atoms with van der Waals surface area (Å²) in [7, 11) is -1.20. The second-order valence-corrected chi connectivity index (χ2v) is 13.0. The van der Waals surface area contributed by atoms with Crippen LogP contribution in [-0.4, -0.2) is 74.2 Å². The molecular weight excluding hydrogens is 570 g/mol. The Labute approximate surface area is 244 Å². The molecule has 2 atom stereocenters. The molecule has 1 aromatic carbocycles. The van der Waals surface area contributed by atoms with Crippen LogP contribution in [0.5, 0.6) is 0 Å². The summed E-state index contributed by atoms with van der Waals surface area (Å²) in [5.74, 6) is 0.892. The van der Waals surface area contributed by atoms with E-state index < -0.39 is 22.4 Å². The van der Waals surface area contributed by atoms with Crippen LogP contribution in [0.15, 0.2) is 42.9 Å². The van der Waals surface area contributed by atoms with Gasteiger partial charge in [-0.05, 0) is 38.1 Å². The Balaban J connectivity index is 1.22. The van der Waals surface area contributed by atoms with Crippen molar-refractivity contribution in [3.05, 3.63) is 65.1 Å². The van der Waals surface area contributed by atoms with Crippen LogP contribution in [0.3, 0.4) is 0 Å². The first kappa shape index (κ1) is 28.0. The van der Waals surface area contributed by atoms with Crippen molar-refractivity contribution in [3.63, 3.8) is 0 Å². The molecule has 0 spiro atoms. The van der Waals surface area contributed by atoms with E-state index in [0.717, 1.165) is 24.3 Å². The lowest BCUT2D eigenvalue weighted by Crippen LogP contribution is -2.54. The lowest BCUT2D eigenvalue weighted by Gasteiger charge is -2.37. The summed E-state index contributed by atoms with van der Waals surface area (Å²) in [5.41, 5.74) is 1.44. The fraction of sp³-hybridized carbons (Fsp3) is 0.393. The number of halogens is 3. The average molecular weight is 602 g/mol. The Morgan fingerprint density at radius 2 is 1.78 bits per heavy atom. The highest BCUT2D eigenvalue weighted by atomic mass is 35.5. The van der Waals surface area contributed by atoms with Crippen molar-refractivity contribution in [2.24, 2.45) is 0 Å². The zero-order valence-electron chi connectivity index (χ0n) is 22.8. The van der Waals surface area contributed by atoms with Gasteiger partial charge in [-0.25, -0.2) is 18.7 Å². The van der Waals surface area contributed by atoms with E-state index in [1.807, 2.05) is 4.90 Å². The number of hydrogen-bond acceptors (Lipinski definition) is 8. The number of nitrogens with zero attached hydrogens (tertiary/aromatic N) is 6. The first-order valence-corrected chi connectivity index (χ1v) is 15.6. The molecule has 2 unspecified atom stereocenters. The Bertz CT molecular complexity index is 1570. The maximum Gasteiger partial charge on any atom is 0.229 e. The zero-order chi connectivity index (χ0) is 28.7. The monoisotopic (exact) mass is 601 g/mol. The molecule has 0 radical (unpaired) electrons. The molecule has 13 heteroatoms. The van der Waals surface area contributed by atoms with Gasteiger partial charge in [-0.15, -0.1) is 4.21 Å². The van der Waals surface area contributed by atoms with E-state index in [-0.39, 0.29) is 12.1 Å². The number of anilines is 3. The molecule has 0 amide bonds. The van der Waals surface area contributed by atoms with Gasteiger partial charge in [0, 0.05) is 68.2 Å². The lowest BCUT2D eigenvalue weighted by molar-refractivity contribution is 0.281. The Morgan fingerprint density at radius 1 is 1.07 bits per heavy atom. The van der Waals surface area contributed by atoms with Crippen molar-refractivity contribution in [1.82, 2.24) is 29.7 Å². The molecule has 2 aliphatic heterocycles. The second-order valence-electron chi connectivity index (χ2n) is 10.8. The third kappa shape index (κ3) is 6.06. The summed E-state index contributed by atoms with van der Waals surface area (Å²) >= 11 is 6.62. The van der Waals surface area contributed by atoms with Gasteiger partial charge in [0.15, 0.2) is 0 Å². The molecular formula is C28H32ClF2N8OS+. The Kier molecular flexibility index (Phi) is 7.90. The van der Waals surface area contributed by atoms with Crippen molar-refractivity contribution in [2.45, 2.75) is 32.5 Å². The highest BCUT2D eigenvalue weighted by Gasteiger charge is 2.24. The summed E-state index contributed by atoms with van der Waals surface area (Å²) < 4.78 is 43.6. The van der Waals surface area contributed by atoms with Crippen molar-refractivity contribution >= 4 is 50.9 Å². The van der Waals surface area contributed by atoms with E-state index in [1.165, 1.54) is 12.1 Å². The predicted octanol–water partition coefficient (Wildman–Crippen LogP) is 4.19. The number of aromatic nitrogens is 4. The van der Waals surface area contributed by atoms with E-state index in [9.17, 15) is 4.21 Å². The van der Waals surface area contributed by atoms with Gasteiger partial charge in [-0.2, -0.15) is 4.98 Å². The molecule has 5 heterocycles. The van der Waals surface area contributed by atoms with Crippen LogP contribution in [0, 0.1) is 11.6 Å². The van der Waals surface area contributed by atoms with Gasteiger partial charge < -0.3 is 20.1 Å². The lowest BCUT2D eigenvalue weighted by atomic mass is 10.1. The summed E-state index contributed by atoms with van der Waals surface area (Å²) in [6.45, 7) is 7.17. The zero-order valence-corrected chi connectivity index (χ0v) is 24.5. The van der Waals surface area contributed by atoms with Gasteiger partial charge in [0.05, 0.1) is 33.4 Å². The fourth-order valence-electron chi connectivity index (χ4n) is 5.54. The smallest absolute Gasteiger partial charge is 0.229 e. The molecule has 2 N–H and O–H groups in total. The van der Waals surface area contributed by atoms with E-state index in [0.29, 0.717) is 64.7 Å². The number of fused-ring (bicyclic) bond motifs is 1. The van der Waals surface area contributed by atoms with Crippen LogP contribution < -0.4 is 15.5 Å². The minimum atomic E-state index is -1.20. The molecule has 2 fully saturated rings. The molecule has 41 heavy (non-hydrogen) atoms. The Hall–Kier alpha value is -3.19. The number of thiol groups is 1. The standard InChI is InChI=1S/C28H31ClF2N8OS/c1-17-14-38(15-18(2)34-17)27-23(29)9-20(13-32-27)35-28-33-12-19-3-4-39(26(19)36-28)21-10-24(30)22(25(31)11-21)16-37-5-7-41(40)8-6-37/h3-4,9-13,17-18,34H,5-8,14-16H2,1-2H3,(H,33,35,36)/p+1. The molecule has 2 saturated heterocycles.